The Hall–Kier alpha value is -3.16. The molecule has 0 spiro atoms. The minimum atomic E-state index is -2.11. The van der Waals surface area contributed by atoms with Crippen molar-refractivity contribution in [3.05, 3.63) is 60.2 Å². The number of nitrogens with zero attached hydrogens (tertiary/aromatic N) is 3. The second-order valence-corrected chi connectivity index (χ2v) is 47.8. The number of carbonyl (C=O) groups is 3. The van der Waals surface area contributed by atoms with Crippen LogP contribution in [0.3, 0.4) is 0 Å². The highest BCUT2D eigenvalue weighted by Crippen LogP contribution is 2.37. The first-order valence-electron chi connectivity index (χ1n) is 54.8. The van der Waals surface area contributed by atoms with E-state index in [1.807, 2.05) is 63.3 Å². The van der Waals surface area contributed by atoms with Crippen LogP contribution in [0, 0.1) is 112 Å². The fourth-order valence-corrected chi connectivity index (χ4v) is 14.0. The molecule has 10 nitrogen and oxygen atoms in total. The number of esters is 2. The van der Waals surface area contributed by atoms with E-state index in [1.54, 1.807) is 32.3 Å². The van der Waals surface area contributed by atoms with E-state index in [0.29, 0.717) is 65.9 Å². The summed E-state index contributed by atoms with van der Waals surface area (Å²) in [6.07, 6.45) is 46.2. The van der Waals surface area contributed by atoms with Crippen LogP contribution in [-0.4, -0.2) is 103 Å². The van der Waals surface area contributed by atoms with Gasteiger partial charge in [-0.1, -0.05) is 410 Å². The van der Waals surface area contributed by atoms with Gasteiger partial charge in [0, 0.05) is 83.0 Å². The second kappa shape index (κ2) is 99.0. The van der Waals surface area contributed by atoms with Gasteiger partial charge >= 0.3 is 11.9 Å². The molecule has 4 aliphatic carbocycles. The van der Waals surface area contributed by atoms with Crippen molar-refractivity contribution < 1.29 is 42.1 Å². The maximum atomic E-state index is 11.4. The molecule has 2 heterocycles. The fourth-order valence-electron chi connectivity index (χ4n) is 12.9. The molecule has 13 heteroatoms. The molecular weight excluding hydrogens is 1670 g/mol. The number of thioether (sulfide) groups is 1. The summed E-state index contributed by atoms with van der Waals surface area (Å²) in [5, 5.41) is 0. The van der Waals surface area contributed by atoms with Crippen LogP contribution in [-0.2, 0) is 39.8 Å². The highest BCUT2D eigenvalue weighted by Gasteiger charge is 2.26. The summed E-state index contributed by atoms with van der Waals surface area (Å²) >= 11 is 2.04. The van der Waals surface area contributed by atoms with Crippen LogP contribution in [0.4, 0.5) is 8.78 Å². The van der Waals surface area contributed by atoms with Crippen LogP contribution in [0.25, 0.3) is 0 Å². The molecule has 0 aliphatic heterocycles. The highest BCUT2D eigenvalue weighted by molar-refractivity contribution is 8.00. The van der Waals surface area contributed by atoms with Crippen molar-refractivity contribution in [2.45, 2.75) is 538 Å². The zero-order valence-electron chi connectivity index (χ0n) is 98.9. The summed E-state index contributed by atoms with van der Waals surface area (Å²) in [4.78, 5) is 41.8. The maximum Gasteiger partial charge on any atom is 0.305 e. The van der Waals surface area contributed by atoms with E-state index in [0.717, 1.165) is 122 Å². The Morgan fingerprint density at radius 3 is 1.02 bits per heavy atom. The van der Waals surface area contributed by atoms with Crippen molar-refractivity contribution in [2.75, 3.05) is 47.8 Å². The normalized spacial score (nSPS) is 13.6. The monoisotopic (exact) mass is 1910 g/mol. The minimum Gasteiger partial charge on any atom is -0.469 e. The first-order valence-corrected chi connectivity index (χ1v) is 55.8. The first kappa shape index (κ1) is 150. The van der Waals surface area contributed by atoms with E-state index in [9.17, 15) is 23.2 Å². The van der Waals surface area contributed by atoms with E-state index in [4.69, 9.17) is 9.47 Å². The molecule has 0 N–H and O–H groups in total. The lowest BCUT2D eigenvalue weighted by Gasteiger charge is -2.28. The van der Waals surface area contributed by atoms with Gasteiger partial charge in [0.1, 0.15) is 0 Å². The SMILES string of the molecule is CC(C)C1CC1.CC(C)C1CCC1.CC(C)C1CCCC1.CC(C)CC1CCCCC1.CC(C)CCC(=O)N(C)C.CC(C)CCC(F)F.CC(C)Cc1cccnc1.CC(C)c1cccnc1.CCCC(C)C.CCCC(C)C.CCCCC(C)C.CCOC(C)(C)C(C)C.CCSC(C)(C)C(C)C.COC(=O)CCC(C)C.COC(=O)CCCCC(C)C.COC(C)(C)C(C)C. The van der Waals surface area contributed by atoms with Gasteiger partial charge in [-0.15, -0.1) is 0 Å². The smallest absolute Gasteiger partial charge is 0.305 e. The average Bonchev–Trinajstić information content (AvgIpc) is 1.73. The summed E-state index contributed by atoms with van der Waals surface area (Å²) in [5.41, 5.74) is 2.73. The first-order chi connectivity index (χ1) is 61.6. The number of halogens is 2. The molecule has 0 aromatic carbocycles. The number of methoxy groups -OCH3 is 3. The number of unbranched alkanes of at least 4 members (excludes halogenated alkanes) is 2. The number of alkyl halides is 2. The van der Waals surface area contributed by atoms with E-state index in [1.165, 1.54) is 179 Å². The molecule has 4 saturated carbocycles. The average molecular weight is 1910 g/mol. The predicted octanol–water partition coefficient (Wildman–Crippen LogP) is 39.0. The molecule has 800 valence electrons. The van der Waals surface area contributed by atoms with Crippen LogP contribution in [0.2, 0.25) is 0 Å². The Labute approximate surface area is 839 Å². The van der Waals surface area contributed by atoms with Crippen LogP contribution in [0.5, 0.6) is 0 Å². The van der Waals surface area contributed by atoms with Crippen molar-refractivity contribution in [3.8, 4) is 0 Å². The van der Waals surface area contributed by atoms with Crippen molar-refractivity contribution in [1.82, 2.24) is 14.9 Å². The number of ether oxygens (including phenoxy) is 4. The maximum absolute atomic E-state index is 11.4. The lowest BCUT2D eigenvalue weighted by molar-refractivity contribution is -0.141. The van der Waals surface area contributed by atoms with Gasteiger partial charge in [-0.2, -0.15) is 11.8 Å². The van der Waals surface area contributed by atoms with E-state index in [-0.39, 0.29) is 35.5 Å². The standard InChI is InChI=1S/C10H20.C9H13N.C9H18O2.C8H17NO.C8H11N.C8H18O.C8H18S.C8H16.C7H14O2.C7H16O.C7H14.C7H16.C6H12F2.C6H12.2C6H14/c1-9(2)8-10-6-4-3-5-7-10;1-8(2)6-9-4-3-5-10-7-9;1-8(2)6-4-5-7-9(10)11-3;1-7(2)5-6-8(10)9(3)4;1-7(2)8-4-3-5-9-6-8;2*1-6-9-8(4,5)7(2)3;1-7(2)8-5-3-4-6-8;1-6(2)4-5-7(8)9-3;1-6(2)7(3,4)8-5;1-6(2)7-4-3-5-7;1-4-5-6-7(2)3;1-5(2)3-4-6(7)8;1-5(2)6-3-4-6;2*1-4-5-6(2)3/h9-10H,3-8H2,1-2H3;3-5,7-8H,6H2,1-2H3;8H,4-7H2,1-3H3;7H,5-6H2,1-4H3;3-7H,1-2H3;2*7H,6H2,1-5H3;7-8H,3-6H2,1-2H3;6H,4-5H2,1-3H3;6H,1-5H3;6-7H,3-5H2,1-2H3;7H,4-6H2,1-3H3;5-6H,3-4H2,1-2H3;5-6H,3-4H2,1-2H3;2*6H,4-5H2,1-3H3. The molecule has 0 bridgehead atoms. The Morgan fingerprint density at radius 1 is 0.414 bits per heavy atom. The van der Waals surface area contributed by atoms with Gasteiger partial charge in [-0.25, -0.2) is 8.78 Å². The molecule has 4 fully saturated rings. The number of aromatic nitrogens is 2. The van der Waals surface area contributed by atoms with Gasteiger partial charge in [0.05, 0.1) is 25.4 Å². The van der Waals surface area contributed by atoms with E-state index in [2.05, 4.69) is 309 Å². The van der Waals surface area contributed by atoms with Crippen molar-refractivity contribution >= 4 is 29.6 Å². The molecule has 2 aromatic rings. The Kier molecular flexibility index (Phi) is 112. The van der Waals surface area contributed by atoms with Gasteiger partial charge in [0.15, 0.2) is 0 Å². The number of pyridine rings is 2. The predicted molar refractivity (Wildman–Crippen MR) is 595 cm³/mol. The van der Waals surface area contributed by atoms with Gasteiger partial charge < -0.3 is 23.8 Å². The molecule has 0 atom stereocenters. The van der Waals surface area contributed by atoms with E-state index >= 15 is 0 Å². The van der Waals surface area contributed by atoms with Gasteiger partial charge in [0.25, 0.3) is 0 Å². The summed E-state index contributed by atoms with van der Waals surface area (Å²) in [6.45, 7) is 95.7. The molecular formula is C120H243F2N3O7S. The summed E-state index contributed by atoms with van der Waals surface area (Å²) in [6, 6.07) is 8.16. The summed E-state index contributed by atoms with van der Waals surface area (Å²) < 4.78 is 42.9. The molecule has 2 aromatic heterocycles. The largest absolute Gasteiger partial charge is 0.469 e. The molecule has 4 aliphatic rings. The van der Waals surface area contributed by atoms with Gasteiger partial charge in [-0.3, -0.25) is 24.4 Å². The Balaban J connectivity index is -0.000000152. The van der Waals surface area contributed by atoms with Crippen molar-refractivity contribution in [2.24, 2.45) is 112 Å². The van der Waals surface area contributed by atoms with Crippen molar-refractivity contribution in [3.63, 3.8) is 0 Å². The van der Waals surface area contributed by atoms with Crippen LogP contribution >= 0.6 is 11.8 Å². The number of carbonyl (C=O) groups excluding carboxylic acids is 3. The quantitative estimate of drug-likeness (QED) is 0.0478. The Bertz CT molecular complexity index is 2590. The third-order valence-corrected chi connectivity index (χ3v) is 26.5. The minimum absolute atomic E-state index is 0.0417. The lowest BCUT2D eigenvalue weighted by Crippen LogP contribution is -2.30. The topological polar surface area (TPSA) is 117 Å². The number of amides is 1. The van der Waals surface area contributed by atoms with E-state index < -0.39 is 6.43 Å². The zero-order chi connectivity index (χ0) is 105. The lowest BCUT2D eigenvalue weighted by atomic mass is 9.78. The van der Waals surface area contributed by atoms with Gasteiger partial charge in [0.2, 0.25) is 12.3 Å². The molecule has 133 heavy (non-hydrogen) atoms. The highest BCUT2D eigenvalue weighted by atomic mass is 32.2. The molecule has 0 saturated heterocycles. The molecule has 0 unspecified atom stereocenters. The summed E-state index contributed by atoms with van der Waals surface area (Å²) in [5.74, 6) is 17.7. The second-order valence-electron chi connectivity index (χ2n) is 45.9. The van der Waals surface area contributed by atoms with Crippen LogP contribution < -0.4 is 0 Å². The van der Waals surface area contributed by atoms with Crippen LogP contribution in [0.15, 0.2) is 49.1 Å². The third kappa shape index (κ3) is 123. The van der Waals surface area contributed by atoms with Crippen molar-refractivity contribution in [1.29, 1.82) is 0 Å². The molecule has 0 radical (unpaired) electrons. The molecule has 1 amide bonds. The van der Waals surface area contributed by atoms with Gasteiger partial charge in [-0.05, 0) is 233 Å². The number of hydrogen-bond donors (Lipinski definition) is 0. The fraction of sp³-hybridized carbons (Fsp3) is 0.892. The van der Waals surface area contributed by atoms with Crippen LogP contribution in [0.1, 0.15) is 520 Å². The number of rotatable bonds is 37. The molecule has 6 rings (SSSR count). The third-order valence-electron chi connectivity index (χ3n) is 25.0. The summed E-state index contributed by atoms with van der Waals surface area (Å²) in [7, 11) is 8.19. The number of hydrogen-bond acceptors (Lipinski definition) is 10. The Morgan fingerprint density at radius 2 is 0.805 bits per heavy atom. The zero-order valence-corrected chi connectivity index (χ0v) is 99.7.